The lowest BCUT2D eigenvalue weighted by molar-refractivity contribution is 0.440. The van der Waals surface area contributed by atoms with Crippen molar-refractivity contribution in [3.05, 3.63) is 27.1 Å². The van der Waals surface area contributed by atoms with Crippen LogP contribution in [0.3, 0.4) is 0 Å². The monoisotopic (exact) mass is 277 g/mol. The fraction of sp³-hybridized carbons (Fsp3) is 0.571. The average molecular weight is 277 g/mol. The summed E-state index contributed by atoms with van der Waals surface area (Å²) in [6, 6.07) is 0.291. The van der Waals surface area contributed by atoms with Gasteiger partial charge in [0, 0.05) is 10.9 Å². The van der Waals surface area contributed by atoms with E-state index in [0.717, 1.165) is 48.1 Å². The second kappa shape index (κ2) is 5.06. The Balaban J connectivity index is 2.11. The molecule has 4 nitrogen and oxygen atoms in total. The van der Waals surface area contributed by atoms with Crippen LogP contribution in [-0.4, -0.2) is 22.6 Å². The zero-order valence-electron chi connectivity index (χ0n) is 11.4. The molecule has 2 aromatic rings. The van der Waals surface area contributed by atoms with Crippen molar-refractivity contribution in [3.8, 4) is 0 Å². The molecule has 1 N–H and O–H groups in total. The highest BCUT2D eigenvalue weighted by Gasteiger charge is 2.18. The highest BCUT2D eigenvalue weighted by molar-refractivity contribution is 7.18. The lowest BCUT2D eigenvalue weighted by atomic mass is 10.1. The largest absolute Gasteiger partial charge is 0.317 e. The van der Waals surface area contributed by atoms with Gasteiger partial charge in [0.05, 0.1) is 11.7 Å². The van der Waals surface area contributed by atoms with Gasteiger partial charge in [0.1, 0.15) is 4.83 Å². The first kappa shape index (κ1) is 12.8. The van der Waals surface area contributed by atoms with Crippen molar-refractivity contribution in [3.63, 3.8) is 0 Å². The third-order valence-corrected chi connectivity index (χ3v) is 5.17. The van der Waals surface area contributed by atoms with Crippen LogP contribution in [0.15, 0.2) is 11.1 Å². The van der Waals surface area contributed by atoms with E-state index in [1.54, 1.807) is 17.7 Å². The molecule has 1 atom stereocenters. The van der Waals surface area contributed by atoms with E-state index >= 15 is 0 Å². The van der Waals surface area contributed by atoms with Crippen molar-refractivity contribution in [1.82, 2.24) is 14.9 Å². The van der Waals surface area contributed by atoms with Crippen molar-refractivity contribution in [2.75, 3.05) is 13.1 Å². The molecule has 5 heteroatoms. The molecule has 1 fully saturated rings. The summed E-state index contributed by atoms with van der Waals surface area (Å²) in [6.07, 6.45) is 4.93. The highest BCUT2D eigenvalue weighted by atomic mass is 32.1. The van der Waals surface area contributed by atoms with Gasteiger partial charge in [-0.15, -0.1) is 11.3 Å². The Morgan fingerprint density at radius 3 is 3.05 bits per heavy atom. The molecule has 1 aliphatic heterocycles. The number of rotatable bonds is 1. The maximum absolute atomic E-state index is 12.7. The van der Waals surface area contributed by atoms with Crippen LogP contribution in [0.25, 0.3) is 10.2 Å². The van der Waals surface area contributed by atoms with Gasteiger partial charge in [-0.25, -0.2) is 4.98 Å². The van der Waals surface area contributed by atoms with Gasteiger partial charge in [-0.3, -0.25) is 9.36 Å². The lowest BCUT2D eigenvalue weighted by Gasteiger charge is -2.16. The van der Waals surface area contributed by atoms with Crippen LogP contribution >= 0.6 is 11.3 Å². The molecule has 1 unspecified atom stereocenters. The van der Waals surface area contributed by atoms with E-state index in [2.05, 4.69) is 17.2 Å². The van der Waals surface area contributed by atoms with Gasteiger partial charge in [0.15, 0.2) is 0 Å². The number of aromatic nitrogens is 2. The molecule has 0 radical (unpaired) electrons. The molecule has 19 heavy (non-hydrogen) atoms. The summed E-state index contributed by atoms with van der Waals surface area (Å²) in [4.78, 5) is 19.2. The summed E-state index contributed by atoms with van der Waals surface area (Å²) in [5.74, 6) is 0. The topological polar surface area (TPSA) is 46.9 Å². The van der Waals surface area contributed by atoms with Crippen molar-refractivity contribution in [1.29, 1.82) is 0 Å². The van der Waals surface area contributed by atoms with E-state index < -0.39 is 0 Å². The van der Waals surface area contributed by atoms with Crippen molar-refractivity contribution >= 4 is 21.6 Å². The first-order chi connectivity index (χ1) is 9.18. The first-order valence-electron chi connectivity index (χ1n) is 6.86. The number of aryl methyl sites for hydroxylation is 2. The maximum Gasteiger partial charge on any atom is 0.262 e. The maximum atomic E-state index is 12.7. The Kier molecular flexibility index (Phi) is 3.41. The zero-order valence-corrected chi connectivity index (χ0v) is 12.2. The van der Waals surface area contributed by atoms with Crippen LogP contribution in [0.2, 0.25) is 0 Å². The molecular weight excluding hydrogens is 258 g/mol. The number of hydrogen-bond acceptors (Lipinski definition) is 4. The molecule has 0 amide bonds. The Labute approximate surface area is 116 Å². The zero-order chi connectivity index (χ0) is 13.4. The van der Waals surface area contributed by atoms with Crippen LogP contribution < -0.4 is 10.9 Å². The second-order valence-electron chi connectivity index (χ2n) is 5.26. The lowest BCUT2D eigenvalue weighted by Crippen LogP contribution is -2.26. The molecule has 2 aromatic heterocycles. The SMILES string of the molecule is Cc1sc2ncn(C3CCCNCC3)c(=O)c2c1C. The number of nitrogens with one attached hydrogen (secondary N) is 1. The van der Waals surface area contributed by atoms with Crippen LogP contribution in [-0.2, 0) is 0 Å². The van der Waals surface area contributed by atoms with Crippen LogP contribution in [0, 0.1) is 13.8 Å². The van der Waals surface area contributed by atoms with Gasteiger partial charge in [0.2, 0.25) is 0 Å². The Morgan fingerprint density at radius 1 is 1.37 bits per heavy atom. The van der Waals surface area contributed by atoms with E-state index in [-0.39, 0.29) is 5.56 Å². The molecular formula is C14H19N3OS. The van der Waals surface area contributed by atoms with Crippen molar-refractivity contribution < 1.29 is 0 Å². The van der Waals surface area contributed by atoms with Gasteiger partial charge in [0.25, 0.3) is 5.56 Å². The van der Waals surface area contributed by atoms with Gasteiger partial charge in [-0.05, 0) is 51.8 Å². The predicted molar refractivity (Wildman–Crippen MR) is 79.1 cm³/mol. The quantitative estimate of drug-likeness (QED) is 0.870. The fourth-order valence-corrected chi connectivity index (χ4v) is 3.77. The normalized spacial score (nSPS) is 20.6. The number of thiophene rings is 1. The molecule has 1 aliphatic rings. The molecule has 0 bridgehead atoms. The van der Waals surface area contributed by atoms with Gasteiger partial charge >= 0.3 is 0 Å². The summed E-state index contributed by atoms with van der Waals surface area (Å²) in [7, 11) is 0. The minimum atomic E-state index is 0.138. The highest BCUT2D eigenvalue weighted by Crippen LogP contribution is 2.26. The number of fused-ring (bicyclic) bond motifs is 1. The van der Waals surface area contributed by atoms with E-state index in [1.807, 2.05) is 11.5 Å². The Morgan fingerprint density at radius 2 is 2.21 bits per heavy atom. The predicted octanol–water partition coefficient (Wildman–Crippen LogP) is 2.39. The summed E-state index contributed by atoms with van der Waals surface area (Å²) in [5.41, 5.74) is 1.23. The summed E-state index contributed by atoms with van der Waals surface area (Å²) >= 11 is 1.62. The van der Waals surface area contributed by atoms with Crippen molar-refractivity contribution in [2.45, 2.75) is 39.2 Å². The molecule has 0 saturated carbocycles. The standard InChI is InChI=1S/C14H19N3OS/c1-9-10(2)19-13-12(9)14(18)17(8-16-13)11-4-3-6-15-7-5-11/h8,11,15H,3-7H2,1-2H3. The van der Waals surface area contributed by atoms with E-state index in [0.29, 0.717) is 6.04 Å². The van der Waals surface area contributed by atoms with E-state index in [1.165, 1.54) is 4.88 Å². The molecule has 0 aliphatic carbocycles. The number of hydrogen-bond donors (Lipinski definition) is 1. The van der Waals surface area contributed by atoms with Gasteiger partial charge < -0.3 is 5.32 Å². The minimum absolute atomic E-state index is 0.138. The molecule has 102 valence electrons. The molecule has 1 saturated heterocycles. The third-order valence-electron chi connectivity index (χ3n) is 4.05. The minimum Gasteiger partial charge on any atom is -0.317 e. The Hall–Kier alpha value is -1.20. The third kappa shape index (κ3) is 2.21. The molecule has 0 aromatic carbocycles. The first-order valence-corrected chi connectivity index (χ1v) is 7.67. The average Bonchev–Trinajstić information content (AvgIpc) is 2.60. The van der Waals surface area contributed by atoms with Crippen molar-refractivity contribution in [2.24, 2.45) is 0 Å². The molecule has 3 heterocycles. The van der Waals surface area contributed by atoms with Crippen LogP contribution in [0.5, 0.6) is 0 Å². The molecule has 0 spiro atoms. The van der Waals surface area contributed by atoms with Gasteiger partial charge in [-0.1, -0.05) is 0 Å². The van der Waals surface area contributed by atoms with E-state index in [9.17, 15) is 4.79 Å². The number of nitrogens with zero attached hydrogens (tertiary/aromatic N) is 2. The summed E-state index contributed by atoms with van der Waals surface area (Å²) < 4.78 is 1.86. The van der Waals surface area contributed by atoms with Crippen LogP contribution in [0.1, 0.15) is 35.7 Å². The fourth-order valence-electron chi connectivity index (χ4n) is 2.79. The molecule has 3 rings (SSSR count). The van der Waals surface area contributed by atoms with Crippen LogP contribution in [0.4, 0.5) is 0 Å². The van der Waals surface area contributed by atoms with E-state index in [4.69, 9.17) is 0 Å². The summed E-state index contributed by atoms with van der Waals surface area (Å²) in [6.45, 7) is 6.12. The van der Waals surface area contributed by atoms with Gasteiger partial charge in [-0.2, -0.15) is 0 Å². The summed E-state index contributed by atoms with van der Waals surface area (Å²) in [5, 5.41) is 4.21. The Bertz CT molecular complexity index is 650. The smallest absolute Gasteiger partial charge is 0.262 e. The second-order valence-corrected chi connectivity index (χ2v) is 6.46.